The van der Waals surface area contributed by atoms with Crippen LogP contribution in [0.5, 0.6) is 0 Å². The second kappa shape index (κ2) is 24.8. The maximum Gasteiger partial charge on any atom is 0.305 e. The summed E-state index contributed by atoms with van der Waals surface area (Å²) in [6.45, 7) is 9.86. The number of amides is 7. The molecule has 2 heterocycles. The smallest absolute Gasteiger partial charge is 0.305 e. The van der Waals surface area contributed by atoms with Gasteiger partial charge in [0.1, 0.15) is 30.2 Å². The van der Waals surface area contributed by atoms with Gasteiger partial charge in [-0.1, -0.05) is 89.6 Å². The normalized spacial score (nSPS) is 17.6. The fourth-order valence-electron chi connectivity index (χ4n) is 7.97. The summed E-state index contributed by atoms with van der Waals surface area (Å²) in [5.74, 6) is -10.3. The van der Waals surface area contributed by atoms with Crippen molar-refractivity contribution in [2.45, 2.75) is 136 Å². The van der Waals surface area contributed by atoms with E-state index in [2.05, 4.69) is 21.4 Å². The van der Waals surface area contributed by atoms with Crippen molar-refractivity contribution in [3.63, 3.8) is 0 Å². The number of hydrogen-bond donors (Lipinski definition) is 7. The fraction of sp³-hybridized carbons (Fsp3) is 0.543. The number of ether oxygens (including phenoxy) is 1. The van der Waals surface area contributed by atoms with Crippen LogP contribution in [-0.4, -0.2) is 133 Å². The lowest BCUT2D eigenvalue weighted by Crippen LogP contribution is -2.62. The number of rotatable bonds is 23. The van der Waals surface area contributed by atoms with Crippen molar-refractivity contribution in [1.29, 1.82) is 0 Å². The van der Waals surface area contributed by atoms with Gasteiger partial charge in [-0.2, -0.15) is 5.12 Å². The van der Waals surface area contributed by atoms with Crippen LogP contribution in [0.25, 0.3) is 0 Å². The lowest BCUT2D eigenvalue weighted by Gasteiger charge is -2.36. The maximum atomic E-state index is 14.8. The number of nitrogens with one attached hydrogen (secondary N) is 4. The van der Waals surface area contributed by atoms with Crippen molar-refractivity contribution < 1.29 is 63.3 Å². The molecule has 0 bridgehead atoms. The second-order valence-corrected chi connectivity index (χ2v) is 17.2. The number of carbonyl (C=O) groups excluding carboxylic acids is 7. The van der Waals surface area contributed by atoms with E-state index in [0.29, 0.717) is 19.4 Å². The molecule has 2 aromatic carbocycles. The molecule has 7 N–H and O–H groups in total. The number of hydrazine groups is 2. The Hall–Kier alpha value is -6.61. The monoisotopic (exact) mass is 936 g/mol. The molecular formula is C46H64N8O13. The minimum atomic E-state index is -1.81. The number of hydroxylamine groups is 2. The van der Waals surface area contributed by atoms with E-state index < -0.39 is 115 Å². The highest BCUT2D eigenvalue weighted by atomic mass is 16.5. The Kier molecular flexibility index (Phi) is 19.6. The molecule has 7 amide bonds. The van der Waals surface area contributed by atoms with Crippen molar-refractivity contribution in [2.24, 2.45) is 11.8 Å². The first kappa shape index (κ1) is 53.0. The summed E-state index contributed by atoms with van der Waals surface area (Å²) in [5.41, 5.74) is 5.37. The third kappa shape index (κ3) is 14.4. The van der Waals surface area contributed by atoms with Crippen LogP contribution in [0.1, 0.15) is 97.6 Å². The molecule has 0 saturated carbocycles. The fourth-order valence-corrected chi connectivity index (χ4v) is 7.97. The first-order valence-electron chi connectivity index (χ1n) is 22.6. The van der Waals surface area contributed by atoms with Crippen molar-refractivity contribution in [3.05, 3.63) is 65.7 Å². The SMILES string of the molecule is CCCC(=O)N(NC(=O)[C@@H]1C[C@@H](OCc2ccccc2)CN1C(=O)[C@@H](NC(=O)[C@H](C(C)CC)N(O)C(=O)[C@@H](CCC(=O)O)NC(=O)[C@H](CC(=O)O)NC(C)=O)C(C)C)N1CCc2ccccc21. The van der Waals surface area contributed by atoms with Gasteiger partial charge in [0.2, 0.25) is 23.6 Å². The van der Waals surface area contributed by atoms with E-state index in [4.69, 9.17) is 4.74 Å². The number of hydrogen-bond acceptors (Lipinski definition) is 12. The number of carboxylic acid groups (broad SMARTS) is 2. The summed E-state index contributed by atoms with van der Waals surface area (Å²) >= 11 is 0. The zero-order valence-corrected chi connectivity index (χ0v) is 38.8. The highest BCUT2D eigenvalue weighted by Crippen LogP contribution is 2.30. The number of carboxylic acids is 2. The molecule has 0 radical (unpaired) electrons. The molecule has 2 aliphatic heterocycles. The van der Waals surface area contributed by atoms with Crippen LogP contribution < -0.4 is 26.4 Å². The van der Waals surface area contributed by atoms with E-state index in [1.165, 1.54) is 16.9 Å². The maximum absolute atomic E-state index is 14.8. The van der Waals surface area contributed by atoms with E-state index in [1.807, 2.05) is 61.5 Å². The summed E-state index contributed by atoms with van der Waals surface area (Å²) in [7, 11) is 0. The van der Waals surface area contributed by atoms with E-state index in [1.54, 1.807) is 25.8 Å². The number of fused-ring (bicyclic) bond motifs is 1. The van der Waals surface area contributed by atoms with Crippen LogP contribution in [0.3, 0.4) is 0 Å². The van der Waals surface area contributed by atoms with Gasteiger partial charge in [-0.25, -0.2) is 10.5 Å². The standard InChI is InChI=1S/C46H64N8O13/c1-7-14-37(56)54(52-22-21-31-17-12-13-18-35(31)52)50-43(62)36-23-32(67-26-30-15-10-9-11-16-30)25-51(36)46(65)40(27(3)4)49-44(63)41(28(5)8-2)53(66)45(64)33(19-20-38(57)58)48-42(61)34(24-39(59)60)47-29(6)55/h9-13,15-18,27-28,32-34,36,40-41,66H,7-8,14,19-26H2,1-6H3,(H,47,55)(H,48,61)(H,49,63)(H,50,62)(H,57,58)(H,59,60)/t28?,32-,33-,34+,36+,40+,41+/m1/s1. The van der Waals surface area contributed by atoms with Gasteiger partial charge in [-0.3, -0.25) is 53.4 Å². The summed E-state index contributed by atoms with van der Waals surface area (Å²) in [4.78, 5) is 121. The average Bonchev–Trinajstić information content (AvgIpc) is 3.92. The summed E-state index contributed by atoms with van der Waals surface area (Å²) in [6, 6.07) is 9.03. The molecule has 21 heteroatoms. The Morgan fingerprint density at radius 2 is 1.51 bits per heavy atom. The third-order valence-electron chi connectivity index (χ3n) is 11.7. The molecule has 67 heavy (non-hydrogen) atoms. The Morgan fingerprint density at radius 3 is 2.12 bits per heavy atom. The first-order chi connectivity index (χ1) is 31.8. The van der Waals surface area contributed by atoms with E-state index in [0.717, 1.165) is 23.7 Å². The molecule has 1 unspecified atom stereocenters. The largest absolute Gasteiger partial charge is 0.481 e. The zero-order chi connectivity index (χ0) is 49.5. The van der Waals surface area contributed by atoms with E-state index >= 15 is 0 Å². The van der Waals surface area contributed by atoms with E-state index in [9.17, 15) is 58.6 Å². The molecule has 0 spiro atoms. The van der Waals surface area contributed by atoms with E-state index in [-0.39, 0.29) is 43.4 Å². The third-order valence-corrected chi connectivity index (χ3v) is 11.7. The van der Waals surface area contributed by atoms with Crippen LogP contribution in [0.4, 0.5) is 5.69 Å². The number of likely N-dealkylation sites (tertiary alicyclic amines) is 1. The number of anilines is 1. The molecule has 1 fully saturated rings. The number of nitrogens with zero attached hydrogens (tertiary/aromatic N) is 4. The molecular weight excluding hydrogens is 873 g/mol. The second-order valence-electron chi connectivity index (χ2n) is 17.2. The average molecular weight is 937 g/mol. The molecule has 4 rings (SSSR count). The van der Waals surface area contributed by atoms with Crippen LogP contribution >= 0.6 is 0 Å². The van der Waals surface area contributed by atoms with Gasteiger partial charge in [-0.05, 0) is 48.3 Å². The van der Waals surface area contributed by atoms with Crippen LogP contribution in [0.2, 0.25) is 0 Å². The molecule has 366 valence electrons. The molecule has 0 aliphatic carbocycles. The first-order valence-corrected chi connectivity index (χ1v) is 22.6. The number of benzene rings is 2. The summed E-state index contributed by atoms with van der Waals surface area (Å²) in [5, 5.41) is 40.2. The van der Waals surface area contributed by atoms with Gasteiger partial charge in [0.05, 0.1) is 24.8 Å². The van der Waals surface area contributed by atoms with Crippen molar-refractivity contribution in [2.75, 3.05) is 18.1 Å². The van der Waals surface area contributed by atoms with Crippen LogP contribution in [0.15, 0.2) is 54.6 Å². The van der Waals surface area contributed by atoms with Crippen LogP contribution in [-0.2, 0) is 60.9 Å². The minimum absolute atomic E-state index is 0.0304. The highest BCUT2D eigenvalue weighted by Gasteiger charge is 2.46. The van der Waals surface area contributed by atoms with Gasteiger partial charge in [0.25, 0.3) is 17.7 Å². The molecule has 2 aromatic rings. The quantitative estimate of drug-likeness (QED) is 0.0620. The van der Waals surface area contributed by atoms with Crippen molar-refractivity contribution >= 4 is 59.0 Å². The molecule has 1 saturated heterocycles. The Bertz CT molecular complexity index is 2090. The predicted octanol–water partition coefficient (Wildman–Crippen LogP) is 1.91. The predicted molar refractivity (Wildman–Crippen MR) is 240 cm³/mol. The van der Waals surface area contributed by atoms with Crippen molar-refractivity contribution in [1.82, 2.24) is 36.5 Å². The van der Waals surface area contributed by atoms with Gasteiger partial charge in [0, 0.05) is 39.3 Å². The zero-order valence-electron chi connectivity index (χ0n) is 38.8. The molecule has 0 aromatic heterocycles. The van der Waals surface area contributed by atoms with Gasteiger partial charge < -0.3 is 35.8 Å². The lowest BCUT2D eigenvalue weighted by atomic mass is 9.95. The molecule has 7 atom stereocenters. The Balaban J connectivity index is 1.63. The highest BCUT2D eigenvalue weighted by molar-refractivity contribution is 5.97. The van der Waals surface area contributed by atoms with Gasteiger partial charge in [-0.15, -0.1) is 0 Å². The topological polar surface area (TPSA) is 285 Å². The summed E-state index contributed by atoms with van der Waals surface area (Å²) < 4.78 is 6.24. The Morgan fingerprint density at radius 1 is 0.836 bits per heavy atom. The lowest BCUT2D eigenvalue weighted by molar-refractivity contribution is -0.187. The van der Waals surface area contributed by atoms with Crippen molar-refractivity contribution in [3.8, 4) is 0 Å². The number of carbonyl (C=O) groups is 9. The minimum Gasteiger partial charge on any atom is -0.481 e. The number of para-hydroxylation sites is 1. The Labute approximate surface area is 389 Å². The summed E-state index contributed by atoms with van der Waals surface area (Å²) in [6.07, 6.45) is -1.38. The number of aliphatic carboxylic acids is 2. The molecule has 2 aliphatic rings. The molecule has 21 nitrogen and oxygen atoms in total. The van der Waals surface area contributed by atoms with Crippen LogP contribution in [0, 0.1) is 11.8 Å². The van der Waals surface area contributed by atoms with Gasteiger partial charge >= 0.3 is 11.9 Å². The van der Waals surface area contributed by atoms with Gasteiger partial charge in [0.15, 0.2) is 0 Å².